The van der Waals surface area contributed by atoms with Crippen LogP contribution in [0.25, 0.3) is 0 Å². The van der Waals surface area contributed by atoms with E-state index in [1.165, 1.54) is 19.2 Å². The first-order chi connectivity index (χ1) is 19.7. The molecule has 4 aromatic rings. The average molecular weight is 566 g/mol. The number of amides is 1. The zero-order valence-electron chi connectivity index (χ0n) is 22.4. The highest BCUT2D eigenvalue weighted by Gasteiger charge is 2.42. The summed E-state index contributed by atoms with van der Waals surface area (Å²) < 4.78 is 58.4. The third kappa shape index (κ3) is 8.41. The molecule has 9 heteroatoms. The monoisotopic (exact) mass is 565 g/mol. The summed E-state index contributed by atoms with van der Waals surface area (Å²) in [5.41, 5.74) is 2.82. The van der Waals surface area contributed by atoms with Crippen molar-refractivity contribution in [2.45, 2.75) is 32.4 Å². The molecule has 0 spiro atoms. The van der Waals surface area contributed by atoms with Gasteiger partial charge in [-0.1, -0.05) is 72.8 Å². The van der Waals surface area contributed by atoms with Crippen LogP contribution in [0.15, 0.2) is 97.1 Å². The molecule has 0 fully saturated rings. The van der Waals surface area contributed by atoms with Gasteiger partial charge in [-0.2, -0.15) is 13.2 Å². The maximum atomic E-state index is 13.6. The van der Waals surface area contributed by atoms with Crippen LogP contribution in [-0.4, -0.2) is 35.7 Å². The lowest BCUT2D eigenvalue weighted by atomic mass is 10.1. The first-order valence-electron chi connectivity index (χ1n) is 12.9. The Bertz CT molecular complexity index is 1350. The van der Waals surface area contributed by atoms with Crippen molar-refractivity contribution in [3.63, 3.8) is 0 Å². The van der Waals surface area contributed by atoms with Crippen molar-refractivity contribution in [1.29, 1.82) is 0 Å². The van der Waals surface area contributed by atoms with E-state index in [0.717, 1.165) is 16.0 Å². The van der Waals surface area contributed by atoms with Gasteiger partial charge in [-0.05, 0) is 52.9 Å². The van der Waals surface area contributed by atoms with E-state index in [-0.39, 0.29) is 50.0 Å². The molecule has 0 heterocycles. The number of aromatic hydroxyl groups is 1. The van der Waals surface area contributed by atoms with Crippen molar-refractivity contribution < 1.29 is 37.3 Å². The van der Waals surface area contributed by atoms with Crippen LogP contribution >= 0.6 is 0 Å². The first kappa shape index (κ1) is 29.3. The number of carbonyl (C=O) groups is 1. The fourth-order valence-corrected chi connectivity index (χ4v) is 4.19. The zero-order chi connectivity index (χ0) is 29.2. The van der Waals surface area contributed by atoms with Crippen molar-refractivity contribution in [1.82, 2.24) is 4.90 Å². The number of alkyl halides is 3. The van der Waals surface area contributed by atoms with Gasteiger partial charge in [-0.15, -0.1) is 0 Å². The summed E-state index contributed by atoms with van der Waals surface area (Å²) in [7, 11) is 1.46. The molecule has 0 unspecified atom stereocenters. The average Bonchev–Trinajstić information content (AvgIpc) is 2.98. The van der Waals surface area contributed by atoms with Gasteiger partial charge in [0.2, 0.25) is 5.75 Å². The Balaban J connectivity index is 1.64. The van der Waals surface area contributed by atoms with Crippen LogP contribution in [0.4, 0.5) is 13.2 Å². The summed E-state index contributed by atoms with van der Waals surface area (Å²) in [4.78, 5) is 13.2. The molecule has 214 valence electrons. The number of phenolic OH excluding ortho intramolecular Hbond substituents is 1. The number of carbonyl (C=O) groups excluding carboxylic acids is 1. The van der Waals surface area contributed by atoms with Crippen molar-refractivity contribution in [2.24, 2.45) is 0 Å². The van der Waals surface area contributed by atoms with Crippen molar-refractivity contribution in [3.8, 4) is 23.0 Å². The molecule has 41 heavy (non-hydrogen) atoms. The van der Waals surface area contributed by atoms with E-state index < -0.39 is 12.1 Å². The Kier molecular flexibility index (Phi) is 9.73. The van der Waals surface area contributed by atoms with Crippen molar-refractivity contribution >= 4 is 5.91 Å². The lowest BCUT2D eigenvalue weighted by Crippen LogP contribution is -2.41. The maximum Gasteiger partial charge on any atom is 0.471 e. The molecule has 0 saturated heterocycles. The quantitative estimate of drug-likeness (QED) is 0.207. The highest BCUT2D eigenvalue weighted by molar-refractivity contribution is 5.82. The number of phenols is 1. The molecule has 4 rings (SSSR count). The first-order valence-corrected chi connectivity index (χ1v) is 12.9. The lowest BCUT2D eigenvalue weighted by Gasteiger charge is -2.25. The summed E-state index contributed by atoms with van der Waals surface area (Å²) in [6.45, 7) is -0.172. The van der Waals surface area contributed by atoms with E-state index in [4.69, 9.17) is 14.2 Å². The third-order valence-electron chi connectivity index (χ3n) is 6.27. The molecule has 0 bridgehead atoms. The van der Waals surface area contributed by atoms with Gasteiger partial charge in [0.1, 0.15) is 19.0 Å². The number of halogens is 3. The topological polar surface area (TPSA) is 68.2 Å². The SMILES string of the molecule is COc1c(OCc2ccccc2)cc(CN(CCc2ccc(O)cc2)C(=O)C(F)(F)F)cc1OCc1ccccc1. The fourth-order valence-electron chi connectivity index (χ4n) is 4.19. The van der Waals surface area contributed by atoms with Gasteiger partial charge in [0.25, 0.3) is 0 Å². The number of hydrogen-bond acceptors (Lipinski definition) is 5. The van der Waals surface area contributed by atoms with E-state index >= 15 is 0 Å². The van der Waals surface area contributed by atoms with E-state index in [1.807, 2.05) is 60.7 Å². The second-order valence-corrected chi connectivity index (χ2v) is 9.31. The second-order valence-electron chi connectivity index (χ2n) is 9.31. The predicted octanol–water partition coefficient (Wildman–Crippen LogP) is 6.69. The van der Waals surface area contributed by atoms with Crippen LogP contribution in [0.5, 0.6) is 23.0 Å². The van der Waals surface area contributed by atoms with E-state index in [9.17, 15) is 23.1 Å². The third-order valence-corrected chi connectivity index (χ3v) is 6.27. The largest absolute Gasteiger partial charge is 0.508 e. The highest BCUT2D eigenvalue weighted by atomic mass is 19.4. The maximum absolute atomic E-state index is 13.6. The minimum absolute atomic E-state index is 0.0428. The van der Waals surface area contributed by atoms with Gasteiger partial charge >= 0.3 is 12.1 Å². The van der Waals surface area contributed by atoms with E-state index in [1.54, 1.807) is 24.3 Å². The smallest absolute Gasteiger partial charge is 0.471 e. The van der Waals surface area contributed by atoms with Crippen molar-refractivity contribution in [3.05, 3.63) is 119 Å². The molecule has 4 aromatic carbocycles. The molecule has 0 aliphatic heterocycles. The Morgan fingerprint density at radius 1 is 0.756 bits per heavy atom. The number of nitrogens with zero attached hydrogens (tertiary/aromatic N) is 1. The van der Waals surface area contributed by atoms with E-state index in [0.29, 0.717) is 16.9 Å². The van der Waals surface area contributed by atoms with Crippen molar-refractivity contribution in [2.75, 3.05) is 13.7 Å². The second kappa shape index (κ2) is 13.6. The Morgan fingerprint density at radius 3 is 1.73 bits per heavy atom. The van der Waals surface area contributed by atoms with Crippen LogP contribution < -0.4 is 14.2 Å². The molecule has 1 N–H and O–H groups in total. The summed E-state index contributed by atoms with van der Waals surface area (Å²) in [5, 5.41) is 9.50. The minimum Gasteiger partial charge on any atom is -0.508 e. The number of rotatable bonds is 12. The summed E-state index contributed by atoms with van der Waals surface area (Å²) in [6.07, 6.45) is -4.90. The summed E-state index contributed by atoms with van der Waals surface area (Å²) in [6, 6.07) is 28.0. The number of ether oxygens (including phenoxy) is 3. The molecule has 1 amide bonds. The predicted molar refractivity (Wildman–Crippen MR) is 148 cm³/mol. The van der Waals surface area contributed by atoms with Gasteiger partial charge in [0.15, 0.2) is 11.5 Å². The molecule has 0 aromatic heterocycles. The van der Waals surface area contributed by atoms with Crippen LogP contribution in [-0.2, 0) is 31.0 Å². The van der Waals surface area contributed by atoms with Crippen LogP contribution in [0.2, 0.25) is 0 Å². The molecule has 0 radical (unpaired) electrons. The van der Waals surface area contributed by atoms with E-state index in [2.05, 4.69) is 0 Å². The summed E-state index contributed by atoms with van der Waals surface area (Å²) >= 11 is 0. The fraction of sp³-hybridized carbons (Fsp3) is 0.219. The molecular weight excluding hydrogens is 535 g/mol. The Morgan fingerprint density at radius 2 is 1.27 bits per heavy atom. The number of methoxy groups -OCH3 is 1. The Labute approximate surface area is 236 Å². The molecule has 0 aliphatic carbocycles. The zero-order valence-corrected chi connectivity index (χ0v) is 22.4. The normalized spacial score (nSPS) is 11.1. The van der Waals surface area contributed by atoms with Gasteiger partial charge in [0.05, 0.1) is 7.11 Å². The molecule has 0 saturated carbocycles. The van der Waals surface area contributed by atoms with Gasteiger partial charge in [-0.25, -0.2) is 0 Å². The Hall–Kier alpha value is -4.66. The van der Waals surface area contributed by atoms with Gasteiger partial charge in [0, 0.05) is 13.1 Å². The van der Waals surface area contributed by atoms with Crippen LogP contribution in [0.3, 0.4) is 0 Å². The standard InChI is InChI=1S/C32H30F3NO5/c1-39-30-28(40-21-24-8-4-2-5-9-24)18-26(19-29(30)41-22-25-10-6-3-7-11-25)20-36(31(38)32(33,34)35)17-16-23-12-14-27(37)15-13-23/h2-15,18-19,37H,16-17,20-22H2,1H3. The number of benzene rings is 4. The van der Waals surface area contributed by atoms with Crippen LogP contribution in [0.1, 0.15) is 22.3 Å². The minimum atomic E-state index is -5.05. The molecular formula is C32H30F3NO5. The summed E-state index contributed by atoms with van der Waals surface area (Å²) in [5.74, 6) is -1.07. The molecule has 0 aliphatic rings. The van der Waals surface area contributed by atoms with Gasteiger partial charge < -0.3 is 24.2 Å². The number of hydrogen-bond donors (Lipinski definition) is 1. The molecule has 6 nitrogen and oxygen atoms in total. The van der Waals surface area contributed by atoms with Crippen LogP contribution in [0, 0.1) is 0 Å². The molecule has 0 atom stereocenters. The van der Waals surface area contributed by atoms with Gasteiger partial charge in [-0.3, -0.25) is 4.79 Å². The highest BCUT2D eigenvalue weighted by Crippen LogP contribution is 2.40. The lowest BCUT2D eigenvalue weighted by molar-refractivity contribution is -0.186.